The molecule has 3 heteroatoms. The molecule has 0 aromatic heterocycles. The van der Waals surface area contributed by atoms with Crippen LogP contribution in [0.25, 0.3) is 11.1 Å². The van der Waals surface area contributed by atoms with Crippen LogP contribution in [0.15, 0.2) is 42.5 Å². The van der Waals surface area contributed by atoms with Crippen molar-refractivity contribution in [1.29, 1.82) is 0 Å². The Kier molecular flexibility index (Phi) is 5.14. The lowest BCUT2D eigenvalue weighted by Gasteiger charge is -2.25. The standard InChI is InChI=1S/C19H22ClNO/c1-2-14-5-3-6-15(11-14)19-16(7-4-8-18(19)20)12-17-13-21-9-10-22-17/h3-8,11,17,21H,2,9-10,12-13H2,1H3. The van der Waals surface area contributed by atoms with Crippen LogP contribution in [0.3, 0.4) is 0 Å². The quantitative estimate of drug-likeness (QED) is 0.917. The highest BCUT2D eigenvalue weighted by molar-refractivity contribution is 6.33. The third-order valence-electron chi connectivity index (χ3n) is 4.18. The first kappa shape index (κ1) is 15.5. The zero-order chi connectivity index (χ0) is 15.4. The molecule has 0 spiro atoms. The lowest BCUT2D eigenvalue weighted by atomic mass is 9.94. The summed E-state index contributed by atoms with van der Waals surface area (Å²) in [7, 11) is 0. The van der Waals surface area contributed by atoms with Crippen LogP contribution in [0.4, 0.5) is 0 Å². The summed E-state index contributed by atoms with van der Waals surface area (Å²) in [6.45, 7) is 4.80. The summed E-state index contributed by atoms with van der Waals surface area (Å²) < 4.78 is 5.85. The Morgan fingerprint density at radius 3 is 2.86 bits per heavy atom. The Morgan fingerprint density at radius 2 is 2.09 bits per heavy atom. The minimum absolute atomic E-state index is 0.223. The van der Waals surface area contributed by atoms with Gasteiger partial charge in [0.25, 0.3) is 0 Å². The summed E-state index contributed by atoms with van der Waals surface area (Å²) in [6.07, 6.45) is 2.14. The van der Waals surface area contributed by atoms with Gasteiger partial charge in [-0.05, 0) is 29.2 Å². The van der Waals surface area contributed by atoms with E-state index in [1.807, 2.05) is 12.1 Å². The van der Waals surface area contributed by atoms with Crippen LogP contribution >= 0.6 is 11.6 Å². The summed E-state index contributed by atoms with van der Waals surface area (Å²) in [5.41, 5.74) is 4.94. The first-order valence-electron chi connectivity index (χ1n) is 7.97. The smallest absolute Gasteiger partial charge is 0.0740 e. The fraction of sp³-hybridized carbons (Fsp3) is 0.368. The van der Waals surface area contributed by atoms with E-state index in [2.05, 4.69) is 42.6 Å². The average molecular weight is 316 g/mol. The highest BCUT2D eigenvalue weighted by atomic mass is 35.5. The maximum absolute atomic E-state index is 6.52. The Morgan fingerprint density at radius 1 is 1.23 bits per heavy atom. The van der Waals surface area contributed by atoms with Gasteiger partial charge >= 0.3 is 0 Å². The van der Waals surface area contributed by atoms with E-state index < -0.39 is 0 Å². The molecule has 1 atom stereocenters. The molecule has 116 valence electrons. The maximum Gasteiger partial charge on any atom is 0.0740 e. The number of aryl methyl sites for hydroxylation is 1. The fourth-order valence-electron chi connectivity index (χ4n) is 3.01. The number of rotatable bonds is 4. The molecule has 0 amide bonds. The number of hydrogen-bond acceptors (Lipinski definition) is 2. The fourth-order valence-corrected chi connectivity index (χ4v) is 3.31. The van der Waals surface area contributed by atoms with E-state index in [-0.39, 0.29) is 6.10 Å². The molecular formula is C19H22ClNO. The SMILES string of the molecule is CCc1cccc(-c2c(Cl)cccc2CC2CNCCO2)c1. The molecule has 2 aromatic carbocycles. The molecule has 1 aliphatic rings. The number of ether oxygens (including phenoxy) is 1. The Balaban J connectivity index is 1.95. The van der Waals surface area contributed by atoms with Crippen LogP contribution in [-0.4, -0.2) is 25.8 Å². The molecule has 22 heavy (non-hydrogen) atoms. The molecule has 1 fully saturated rings. The Bertz CT molecular complexity index is 635. The number of morpholine rings is 1. The van der Waals surface area contributed by atoms with Crippen LogP contribution in [0.5, 0.6) is 0 Å². The lowest BCUT2D eigenvalue weighted by Crippen LogP contribution is -2.39. The van der Waals surface area contributed by atoms with Gasteiger partial charge < -0.3 is 10.1 Å². The van der Waals surface area contributed by atoms with Gasteiger partial charge in [-0.25, -0.2) is 0 Å². The molecular weight excluding hydrogens is 294 g/mol. The highest BCUT2D eigenvalue weighted by Crippen LogP contribution is 2.33. The van der Waals surface area contributed by atoms with Crippen molar-refractivity contribution in [3.63, 3.8) is 0 Å². The van der Waals surface area contributed by atoms with Gasteiger partial charge in [0, 0.05) is 30.1 Å². The zero-order valence-corrected chi connectivity index (χ0v) is 13.7. The Hall–Kier alpha value is -1.35. The van der Waals surface area contributed by atoms with Gasteiger partial charge in [0.05, 0.1) is 12.7 Å². The second-order valence-electron chi connectivity index (χ2n) is 5.73. The predicted octanol–water partition coefficient (Wildman–Crippen LogP) is 4.10. The molecule has 0 bridgehead atoms. The van der Waals surface area contributed by atoms with Crippen LogP contribution in [0, 0.1) is 0 Å². The summed E-state index contributed by atoms with van der Waals surface area (Å²) in [6, 6.07) is 14.8. The predicted molar refractivity (Wildman–Crippen MR) is 92.6 cm³/mol. The molecule has 1 saturated heterocycles. The molecule has 1 heterocycles. The van der Waals surface area contributed by atoms with Crippen molar-refractivity contribution in [2.45, 2.75) is 25.9 Å². The average Bonchev–Trinajstić information content (AvgIpc) is 2.56. The number of benzene rings is 2. The largest absolute Gasteiger partial charge is 0.375 e. The summed E-state index contributed by atoms with van der Waals surface area (Å²) in [5, 5.41) is 4.20. The topological polar surface area (TPSA) is 21.3 Å². The molecule has 1 unspecified atom stereocenters. The molecule has 2 nitrogen and oxygen atoms in total. The van der Waals surface area contributed by atoms with Crippen LogP contribution in [0.1, 0.15) is 18.1 Å². The van der Waals surface area contributed by atoms with Crippen molar-refractivity contribution in [2.24, 2.45) is 0 Å². The van der Waals surface area contributed by atoms with E-state index in [0.717, 1.165) is 43.1 Å². The van der Waals surface area contributed by atoms with E-state index in [1.54, 1.807) is 0 Å². The van der Waals surface area contributed by atoms with Crippen molar-refractivity contribution >= 4 is 11.6 Å². The second-order valence-corrected chi connectivity index (χ2v) is 6.14. The minimum Gasteiger partial charge on any atom is -0.375 e. The Labute approximate surface area is 137 Å². The molecule has 0 aliphatic carbocycles. The highest BCUT2D eigenvalue weighted by Gasteiger charge is 2.17. The molecule has 0 saturated carbocycles. The molecule has 1 aliphatic heterocycles. The van der Waals surface area contributed by atoms with Gasteiger partial charge in [0.2, 0.25) is 0 Å². The van der Waals surface area contributed by atoms with E-state index >= 15 is 0 Å². The van der Waals surface area contributed by atoms with E-state index in [4.69, 9.17) is 16.3 Å². The summed E-state index contributed by atoms with van der Waals surface area (Å²) in [4.78, 5) is 0. The first-order valence-corrected chi connectivity index (χ1v) is 8.34. The normalized spacial score (nSPS) is 18.4. The number of hydrogen-bond donors (Lipinski definition) is 1. The first-order chi connectivity index (χ1) is 10.8. The number of nitrogens with one attached hydrogen (secondary N) is 1. The van der Waals surface area contributed by atoms with E-state index in [9.17, 15) is 0 Å². The van der Waals surface area contributed by atoms with Crippen molar-refractivity contribution in [2.75, 3.05) is 19.7 Å². The molecule has 2 aromatic rings. The number of halogens is 1. The van der Waals surface area contributed by atoms with E-state index in [1.165, 1.54) is 16.7 Å². The molecule has 1 N–H and O–H groups in total. The van der Waals surface area contributed by atoms with Gasteiger partial charge in [-0.3, -0.25) is 0 Å². The third kappa shape index (κ3) is 3.52. The minimum atomic E-state index is 0.223. The van der Waals surface area contributed by atoms with Gasteiger partial charge in [0.15, 0.2) is 0 Å². The van der Waals surface area contributed by atoms with Crippen LogP contribution in [0.2, 0.25) is 5.02 Å². The van der Waals surface area contributed by atoms with Crippen LogP contribution < -0.4 is 5.32 Å². The van der Waals surface area contributed by atoms with Gasteiger partial charge in [-0.1, -0.05) is 54.9 Å². The molecule has 0 radical (unpaired) electrons. The van der Waals surface area contributed by atoms with Crippen molar-refractivity contribution in [1.82, 2.24) is 5.32 Å². The maximum atomic E-state index is 6.52. The summed E-state index contributed by atoms with van der Waals surface area (Å²) >= 11 is 6.52. The van der Waals surface area contributed by atoms with Crippen LogP contribution in [-0.2, 0) is 17.6 Å². The van der Waals surface area contributed by atoms with Crippen molar-refractivity contribution in [3.8, 4) is 11.1 Å². The summed E-state index contributed by atoms with van der Waals surface area (Å²) in [5.74, 6) is 0. The van der Waals surface area contributed by atoms with Gasteiger partial charge in [-0.2, -0.15) is 0 Å². The van der Waals surface area contributed by atoms with Crippen molar-refractivity contribution < 1.29 is 4.74 Å². The monoisotopic (exact) mass is 315 g/mol. The lowest BCUT2D eigenvalue weighted by molar-refractivity contribution is 0.0293. The van der Waals surface area contributed by atoms with Crippen molar-refractivity contribution in [3.05, 3.63) is 58.6 Å². The zero-order valence-electron chi connectivity index (χ0n) is 12.9. The van der Waals surface area contributed by atoms with Gasteiger partial charge in [-0.15, -0.1) is 0 Å². The van der Waals surface area contributed by atoms with Gasteiger partial charge in [0.1, 0.15) is 0 Å². The van der Waals surface area contributed by atoms with E-state index in [0.29, 0.717) is 0 Å². The second kappa shape index (κ2) is 7.28. The third-order valence-corrected chi connectivity index (χ3v) is 4.49. The molecule has 3 rings (SSSR count).